The van der Waals surface area contributed by atoms with Crippen molar-refractivity contribution in [2.24, 2.45) is 0 Å². The van der Waals surface area contributed by atoms with E-state index in [2.05, 4.69) is 10.6 Å². The number of carbonyl (C=O) groups excluding carboxylic acids is 2. The van der Waals surface area contributed by atoms with Gasteiger partial charge in [0.25, 0.3) is 5.91 Å². The minimum Gasteiger partial charge on any atom is -0.480 e. The average Bonchev–Trinajstić information content (AvgIpc) is 2.74. The monoisotopic (exact) mass is 416 g/mol. The highest BCUT2D eigenvalue weighted by molar-refractivity contribution is 7.98. The summed E-state index contributed by atoms with van der Waals surface area (Å²) in [7, 11) is 1.29. The van der Waals surface area contributed by atoms with Crippen molar-refractivity contribution >= 4 is 35.3 Å². The van der Waals surface area contributed by atoms with Crippen LogP contribution in [-0.2, 0) is 14.3 Å². The first-order valence-electron chi connectivity index (χ1n) is 8.99. The van der Waals surface area contributed by atoms with Crippen LogP contribution in [0, 0.1) is 0 Å². The summed E-state index contributed by atoms with van der Waals surface area (Å²) in [6.45, 7) is -0.237. The Balaban J connectivity index is 2.35. The number of aliphatic carboxylic acids is 1. The zero-order valence-corrected chi connectivity index (χ0v) is 17.1. The second kappa shape index (κ2) is 11.1. The van der Waals surface area contributed by atoms with Crippen molar-refractivity contribution in [2.75, 3.05) is 31.0 Å². The molecular weight excluding hydrogens is 392 g/mol. The Labute approximate surface area is 173 Å². The number of hydrogen-bond acceptors (Lipinski definition) is 6. The molecule has 154 valence electrons. The number of hydrogen-bond donors (Lipinski definition) is 3. The molecule has 0 aliphatic heterocycles. The maximum Gasteiger partial charge on any atom is 0.328 e. The summed E-state index contributed by atoms with van der Waals surface area (Å²) in [6.07, 6.45) is 2.38. The van der Waals surface area contributed by atoms with Gasteiger partial charge in [-0.05, 0) is 47.8 Å². The molecule has 0 aliphatic rings. The molecule has 0 saturated heterocycles. The van der Waals surface area contributed by atoms with Crippen LogP contribution in [0.4, 0.5) is 5.69 Å². The molecular formula is C21H24N2O5S. The molecule has 0 spiro atoms. The van der Waals surface area contributed by atoms with Crippen LogP contribution in [-0.4, -0.2) is 54.7 Å². The highest BCUT2D eigenvalue weighted by atomic mass is 32.2. The number of nitrogens with one attached hydrogen (secondary N) is 2. The van der Waals surface area contributed by atoms with Crippen molar-refractivity contribution in [3.63, 3.8) is 0 Å². The van der Waals surface area contributed by atoms with E-state index in [1.165, 1.54) is 7.11 Å². The van der Waals surface area contributed by atoms with Crippen molar-refractivity contribution < 1.29 is 24.2 Å². The van der Waals surface area contributed by atoms with Gasteiger partial charge in [-0.2, -0.15) is 11.8 Å². The zero-order chi connectivity index (χ0) is 21.2. The number of carbonyl (C=O) groups is 3. The van der Waals surface area contributed by atoms with E-state index in [0.717, 1.165) is 5.56 Å². The molecule has 0 aromatic heterocycles. The predicted octanol–water partition coefficient (Wildman–Crippen LogP) is 2.87. The van der Waals surface area contributed by atoms with Gasteiger partial charge in [0.05, 0.1) is 7.11 Å². The summed E-state index contributed by atoms with van der Waals surface area (Å²) in [4.78, 5) is 35.8. The molecule has 3 N–H and O–H groups in total. The fourth-order valence-electron chi connectivity index (χ4n) is 2.75. The zero-order valence-electron chi connectivity index (χ0n) is 16.3. The molecule has 0 fully saturated rings. The van der Waals surface area contributed by atoms with Crippen LogP contribution >= 0.6 is 11.8 Å². The first-order chi connectivity index (χ1) is 14.0. The summed E-state index contributed by atoms with van der Waals surface area (Å²) >= 11 is 1.58. The molecule has 2 aromatic rings. The fraction of sp³-hybridized carbons (Fsp3) is 0.286. The molecule has 2 aromatic carbocycles. The molecule has 1 unspecified atom stereocenters. The maximum atomic E-state index is 13.0. The van der Waals surface area contributed by atoms with Gasteiger partial charge in [0, 0.05) is 11.3 Å². The quantitative estimate of drug-likeness (QED) is 0.512. The Morgan fingerprint density at radius 2 is 1.86 bits per heavy atom. The predicted molar refractivity (Wildman–Crippen MR) is 114 cm³/mol. The Kier molecular flexibility index (Phi) is 8.54. The van der Waals surface area contributed by atoms with E-state index >= 15 is 0 Å². The van der Waals surface area contributed by atoms with Gasteiger partial charge in [0.15, 0.2) is 0 Å². The van der Waals surface area contributed by atoms with Crippen LogP contribution in [0.5, 0.6) is 0 Å². The van der Waals surface area contributed by atoms with Gasteiger partial charge in [0.1, 0.15) is 12.6 Å². The van der Waals surface area contributed by atoms with Gasteiger partial charge in [-0.15, -0.1) is 0 Å². The minimum atomic E-state index is -0.984. The van der Waals surface area contributed by atoms with Crippen LogP contribution < -0.4 is 10.6 Å². The smallest absolute Gasteiger partial charge is 0.328 e. The van der Waals surface area contributed by atoms with Gasteiger partial charge in [-0.1, -0.05) is 30.3 Å². The van der Waals surface area contributed by atoms with Gasteiger partial charge in [-0.25, -0.2) is 4.79 Å². The van der Waals surface area contributed by atoms with Crippen LogP contribution in [0.15, 0.2) is 48.5 Å². The van der Waals surface area contributed by atoms with Gasteiger partial charge in [0.2, 0.25) is 0 Å². The second-order valence-corrected chi connectivity index (χ2v) is 7.19. The SMILES string of the molecule is COC(=O)C(CCSC)NC(=O)c1ccc(NCC(=O)O)cc1-c1ccccc1. The average molecular weight is 416 g/mol. The third kappa shape index (κ3) is 6.53. The van der Waals surface area contributed by atoms with Crippen molar-refractivity contribution in [3.05, 3.63) is 54.1 Å². The number of esters is 1. The van der Waals surface area contributed by atoms with Gasteiger partial charge in [-0.3, -0.25) is 9.59 Å². The summed E-state index contributed by atoms with van der Waals surface area (Å²) < 4.78 is 4.81. The molecule has 0 bridgehead atoms. The topological polar surface area (TPSA) is 105 Å². The van der Waals surface area contributed by atoms with E-state index in [9.17, 15) is 14.4 Å². The number of methoxy groups -OCH3 is 1. The molecule has 0 radical (unpaired) electrons. The largest absolute Gasteiger partial charge is 0.480 e. The number of carboxylic acids is 1. The Morgan fingerprint density at radius 3 is 2.48 bits per heavy atom. The number of rotatable bonds is 10. The normalized spacial score (nSPS) is 11.4. The molecule has 1 amide bonds. The van der Waals surface area contributed by atoms with Crippen molar-refractivity contribution in [3.8, 4) is 11.1 Å². The van der Waals surface area contributed by atoms with E-state index in [1.807, 2.05) is 36.6 Å². The lowest BCUT2D eigenvalue weighted by molar-refractivity contribution is -0.143. The summed E-state index contributed by atoms with van der Waals surface area (Å²) in [5.41, 5.74) is 2.40. The number of thioether (sulfide) groups is 1. The van der Waals surface area contributed by atoms with Crippen LogP contribution in [0.3, 0.4) is 0 Å². The van der Waals surface area contributed by atoms with Gasteiger partial charge >= 0.3 is 11.9 Å². The lowest BCUT2D eigenvalue weighted by atomic mass is 9.98. The summed E-state index contributed by atoms with van der Waals surface area (Å²) in [5, 5.41) is 14.4. The van der Waals surface area contributed by atoms with E-state index in [0.29, 0.717) is 29.0 Å². The molecule has 7 nitrogen and oxygen atoms in total. The molecule has 0 saturated carbocycles. The van der Waals surface area contributed by atoms with Crippen molar-refractivity contribution in [1.82, 2.24) is 5.32 Å². The minimum absolute atomic E-state index is 0.237. The Morgan fingerprint density at radius 1 is 1.14 bits per heavy atom. The Bertz CT molecular complexity index is 857. The second-order valence-electron chi connectivity index (χ2n) is 6.20. The van der Waals surface area contributed by atoms with E-state index in [-0.39, 0.29) is 6.54 Å². The number of amides is 1. The maximum absolute atomic E-state index is 13.0. The van der Waals surface area contributed by atoms with Gasteiger partial charge < -0.3 is 20.5 Å². The third-order valence-electron chi connectivity index (χ3n) is 4.19. The highest BCUT2D eigenvalue weighted by Crippen LogP contribution is 2.27. The first-order valence-corrected chi connectivity index (χ1v) is 10.4. The lowest BCUT2D eigenvalue weighted by Crippen LogP contribution is -2.42. The summed E-state index contributed by atoms with van der Waals surface area (Å²) in [6, 6.07) is 13.5. The highest BCUT2D eigenvalue weighted by Gasteiger charge is 2.23. The standard InChI is InChI=1S/C21H24N2O5S/c1-28-21(27)18(10-11-29-2)23-20(26)16-9-8-15(22-13-19(24)25)12-17(16)14-6-4-3-5-7-14/h3-9,12,18,22H,10-11,13H2,1-2H3,(H,23,26)(H,24,25). The van der Waals surface area contributed by atoms with Crippen molar-refractivity contribution in [1.29, 1.82) is 0 Å². The number of carboxylic acid groups (broad SMARTS) is 1. The number of ether oxygens (including phenoxy) is 1. The molecule has 8 heteroatoms. The molecule has 29 heavy (non-hydrogen) atoms. The molecule has 0 heterocycles. The van der Waals surface area contributed by atoms with E-state index < -0.39 is 23.9 Å². The summed E-state index contributed by atoms with van der Waals surface area (Å²) in [5.74, 6) is -1.18. The van der Waals surface area contributed by atoms with Crippen LogP contribution in [0.1, 0.15) is 16.8 Å². The van der Waals surface area contributed by atoms with Crippen molar-refractivity contribution in [2.45, 2.75) is 12.5 Å². The molecule has 2 rings (SSSR count). The van der Waals surface area contributed by atoms with Crippen LogP contribution in [0.25, 0.3) is 11.1 Å². The molecule has 1 atom stereocenters. The third-order valence-corrected chi connectivity index (χ3v) is 4.84. The number of anilines is 1. The first kappa shape index (κ1) is 22.3. The molecule has 0 aliphatic carbocycles. The number of benzene rings is 2. The van der Waals surface area contributed by atoms with E-state index in [4.69, 9.17) is 9.84 Å². The lowest BCUT2D eigenvalue weighted by Gasteiger charge is -2.18. The fourth-order valence-corrected chi connectivity index (χ4v) is 3.22. The van der Waals surface area contributed by atoms with E-state index in [1.54, 1.807) is 30.0 Å². The van der Waals surface area contributed by atoms with Crippen LogP contribution in [0.2, 0.25) is 0 Å². The Hall–Kier alpha value is -3.00.